The van der Waals surface area contributed by atoms with Crippen molar-refractivity contribution in [3.63, 3.8) is 0 Å². The van der Waals surface area contributed by atoms with E-state index in [0.717, 1.165) is 12.8 Å². The SMILES string of the molecule is COc1ccc(O)c(C(=O)N2CCC[C@@H](N)C2)c1. The number of carbonyl (C=O) groups is 1. The maximum absolute atomic E-state index is 12.3. The monoisotopic (exact) mass is 250 g/mol. The number of aromatic hydroxyl groups is 1. The smallest absolute Gasteiger partial charge is 0.257 e. The fourth-order valence-electron chi connectivity index (χ4n) is 2.18. The molecule has 18 heavy (non-hydrogen) atoms. The number of piperidine rings is 1. The van der Waals surface area contributed by atoms with Crippen LogP contribution >= 0.6 is 0 Å². The second-order valence-electron chi connectivity index (χ2n) is 4.54. The summed E-state index contributed by atoms with van der Waals surface area (Å²) in [6.07, 6.45) is 1.84. The number of carbonyl (C=O) groups excluding carboxylic acids is 1. The molecule has 1 aromatic rings. The number of hydrogen-bond donors (Lipinski definition) is 2. The van der Waals surface area contributed by atoms with Gasteiger partial charge in [-0.05, 0) is 31.0 Å². The third-order valence-electron chi connectivity index (χ3n) is 3.18. The molecule has 1 amide bonds. The molecule has 98 valence electrons. The van der Waals surface area contributed by atoms with E-state index in [-0.39, 0.29) is 23.3 Å². The number of hydrogen-bond acceptors (Lipinski definition) is 4. The molecular weight excluding hydrogens is 232 g/mol. The van der Waals surface area contributed by atoms with Crippen LogP contribution in [-0.2, 0) is 0 Å². The van der Waals surface area contributed by atoms with Crippen molar-refractivity contribution in [1.82, 2.24) is 4.90 Å². The Morgan fingerprint density at radius 1 is 1.56 bits per heavy atom. The number of amides is 1. The lowest BCUT2D eigenvalue weighted by atomic mass is 10.0. The summed E-state index contributed by atoms with van der Waals surface area (Å²) in [5, 5.41) is 9.76. The van der Waals surface area contributed by atoms with Gasteiger partial charge in [-0.2, -0.15) is 0 Å². The Hall–Kier alpha value is -1.75. The van der Waals surface area contributed by atoms with Crippen molar-refractivity contribution in [2.24, 2.45) is 5.73 Å². The quantitative estimate of drug-likeness (QED) is 0.820. The summed E-state index contributed by atoms with van der Waals surface area (Å²) in [6, 6.07) is 4.66. The summed E-state index contributed by atoms with van der Waals surface area (Å²) in [4.78, 5) is 14.0. The summed E-state index contributed by atoms with van der Waals surface area (Å²) in [6.45, 7) is 1.22. The molecule has 1 aromatic carbocycles. The first kappa shape index (κ1) is 12.7. The van der Waals surface area contributed by atoms with Gasteiger partial charge in [0.15, 0.2) is 0 Å². The van der Waals surface area contributed by atoms with Crippen LogP contribution in [0.1, 0.15) is 23.2 Å². The number of phenolic OH excluding ortho intramolecular Hbond substituents is 1. The van der Waals surface area contributed by atoms with Crippen LogP contribution < -0.4 is 10.5 Å². The van der Waals surface area contributed by atoms with Crippen molar-refractivity contribution in [1.29, 1.82) is 0 Å². The van der Waals surface area contributed by atoms with E-state index in [4.69, 9.17) is 10.5 Å². The molecular formula is C13H18N2O3. The summed E-state index contributed by atoms with van der Waals surface area (Å²) in [5.41, 5.74) is 6.12. The zero-order chi connectivity index (χ0) is 13.1. The lowest BCUT2D eigenvalue weighted by molar-refractivity contribution is 0.0705. The zero-order valence-electron chi connectivity index (χ0n) is 10.4. The molecule has 0 bridgehead atoms. The van der Waals surface area contributed by atoms with E-state index in [1.54, 1.807) is 17.0 Å². The second kappa shape index (κ2) is 5.27. The Labute approximate surface area is 106 Å². The molecule has 0 aromatic heterocycles. The van der Waals surface area contributed by atoms with Gasteiger partial charge in [0.1, 0.15) is 11.5 Å². The maximum Gasteiger partial charge on any atom is 0.257 e. The highest BCUT2D eigenvalue weighted by Gasteiger charge is 2.24. The number of benzene rings is 1. The van der Waals surface area contributed by atoms with E-state index in [1.807, 2.05) is 0 Å². The predicted molar refractivity (Wildman–Crippen MR) is 67.8 cm³/mol. The van der Waals surface area contributed by atoms with Gasteiger partial charge in [-0.3, -0.25) is 4.79 Å². The average molecular weight is 250 g/mol. The van der Waals surface area contributed by atoms with E-state index in [1.165, 1.54) is 13.2 Å². The van der Waals surface area contributed by atoms with Crippen LogP contribution in [0.2, 0.25) is 0 Å². The number of likely N-dealkylation sites (tertiary alicyclic amines) is 1. The van der Waals surface area contributed by atoms with Crippen molar-refractivity contribution in [3.05, 3.63) is 23.8 Å². The molecule has 3 N–H and O–H groups in total. The third-order valence-corrected chi connectivity index (χ3v) is 3.18. The summed E-state index contributed by atoms with van der Waals surface area (Å²) in [5.74, 6) is 0.332. The first-order chi connectivity index (χ1) is 8.61. The topological polar surface area (TPSA) is 75.8 Å². The number of nitrogens with two attached hydrogens (primary N) is 1. The molecule has 1 saturated heterocycles. The van der Waals surface area contributed by atoms with E-state index in [2.05, 4.69) is 0 Å². The molecule has 5 heteroatoms. The molecule has 5 nitrogen and oxygen atoms in total. The Morgan fingerprint density at radius 2 is 2.33 bits per heavy atom. The van der Waals surface area contributed by atoms with Crippen LogP contribution in [0.4, 0.5) is 0 Å². The minimum atomic E-state index is -0.193. The van der Waals surface area contributed by atoms with Crippen molar-refractivity contribution in [2.45, 2.75) is 18.9 Å². The Kier molecular flexibility index (Phi) is 3.72. The fourth-order valence-corrected chi connectivity index (χ4v) is 2.18. The molecule has 0 aliphatic carbocycles. The first-order valence-corrected chi connectivity index (χ1v) is 6.03. The molecule has 1 fully saturated rings. The molecule has 2 rings (SSSR count). The van der Waals surface area contributed by atoms with E-state index < -0.39 is 0 Å². The van der Waals surface area contributed by atoms with Gasteiger partial charge in [0, 0.05) is 19.1 Å². The van der Waals surface area contributed by atoms with E-state index in [9.17, 15) is 9.90 Å². The molecule has 1 atom stereocenters. The molecule has 0 unspecified atom stereocenters. The lowest BCUT2D eigenvalue weighted by Gasteiger charge is -2.31. The Morgan fingerprint density at radius 3 is 3.00 bits per heavy atom. The normalized spacial score (nSPS) is 19.7. The number of nitrogens with zero attached hydrogens (tertiary/aromatic N) is 1. The first-order valence-electron chi connectivity index (χ1n) is 6.03. The highest BCUT2D eigenvalue weighted by atomic mass is 16.5. The largest absolute Gasteiger partial charge is 0.507 e. The van der Waals surface area contributed by atoms with Crippen molar-refractivity contribution >= 4 is 5.91 Å². The number of methoxy groups -OCH3 is 1. The minimum absolute atomic E-state index is 0.0236. The molecule has 1 aliphatic rings. The zero-order valence-corrected chi connectivity index (χ0v) is 10.4. The maximum atomic E-state index is 12.3. The van der Waals surface area contributed by atoms with Gasteiger partial charge in [-0.1, -0.05) is 0 Å². The van der Waals surface area contributed by atoms with Gasteiger partial charge in [-0.25, -0.2) is 0 Å². The van der Waals surface area contributed by atoms with Crippen LogP contribution in [-0.4, -0.2) is 42.2 Å². The Balaban J connectivity index is 2.22. The van der Waals surface area contributed by atoms with Crippen molar-refractivity contribution < 1.29 is 14.6 Å². The number of rotatable bonds is 2. The van der Waals surface area contributed by atoms with E-state index in [0.29, 0.717) is 18.8 Å². The standard InChI is InChI=1S/C13H18N2O3/c1-18-10-4-5-12(16)11(7-10)13(17)15-6-2-3-9(14)8-15/h4-5,7,9,16H,2-3,6,8,14H2,1H3/t9-/m1/s1. The predicted octanol–water partition coefficient (Wildman–Crippen LogP) is 0.964. The lowest BCUT2D eigenvalue weighted by Crippen LogP contribution is -2.45. The second-order valence-corrected chi connectivity index (χ2v) is 4.54. The van der Waals surface area contributed by atoms with Crippen molar-refractivity contribution in [2.75, 3.05) is 20.2 Å². The summed E-state index contributed by atoms with van der Waals surface area (Å²) < 4.78 is 5.06. The third kappa shape index (κ3) is 2.56. The van der Waals surface area contributed by atoms with Crippen LogP contribution in [0, 0.1) is 0 Å². The Bertz CT molecular complexity index is 448. The highest BCUT2D eigenvalue weighted by molar-refractivity contribution is 5.97. The molecule has 0 radical (unpaired) electrons. The molecule has 0 spiro atoms. The molecule has 1 aliphatic heterocycles. The minimum Gasteiger partial charge on any atom is -0.507 e. The highest BCUT2D eigenvalue weighted by Crippen LogP contribution is 2.25. The summed E-state index contributed by atoms with van der Waals surface area (Å²) in [7, 11) is 1.53. The summed E-state index contributed by atoms with van der Waals surface area (Å²) >= 11 is 0. The van der Waals surface area contributed by atoms with Crippen LogP contribution in [0.5, 0.6) is 11.5 Å². The van der Waals surface area contributed by atoms with Crippen LogP contribution in [0.3, 0.4) is 0 Å². The van der Waals surface area contributed by atoms with Gasteiger partial charge in [-0.15, -0.1) is 0 Å². The van der Waals surface area contributed by atoms with Crippen LogP contribution in [0.15, 0.2) is 18.2 Å². The molecule has 0 saturated carbocycles. The van der Waals surface area contributed by atoms with Gasteiger partial charge >= 0.3 is 0 Å². The molecule has 1 heterocycles. The van der Waals surface area contributed by atoms with Gasteiger partial charge in [0.05, 0.1) is 12.7 Å². The van der Waals surface area contributed by atoms with Gasteiger partial charge in [0.2, 0.25) is 0 Å². The fraction of sp³-hybridized carbons (Fsp3) is 0.462. The number of phenols is 1. The van der Waals surface area contributed by atoms with Gasteiger partial charge < -0.3 is 20.5 Å². The van der Waals surface area contributed by atoms with Crippen LogP contribution in [0.25, 0.3) is 0 Å². The average Bonchev–Trinajstić information content (AvgIpc) is 2.38. The van der Waals surface area contributed by atoms with Gasteiger partial charge in [0.25, 0.3) is 5.91 Å². The number of ether oxygens (including phenoxy) is 1. The van der Waals surface area contributed by atoms with Crippen molar-refractivity contribution in [3.8, 4) is 11.5 Å². The van der Waals surface area contributed by atoms with E-state index >= 15 is 0 Å².